The highest BCUT2D eigenvalue weighted by molar-refractivity contribution is 6.18. The number of rotatable bonds is 12. The molecule has 124 valence electrons. The Morgan fingerprint density at radius 2 is 1.41 bits per heavy atom. The molecule has 0 spiro atoms. The molecule has 0 radical (unpaired) electrons. The molecule has 0 aliphatic rings. The fraction of sp³-hybridized carbons (Fsp3) is 0.562. The van der Waals surface area contributed by atoms with Crippen molar-refractivity contribution >= 4 is 46.8 Å². The van der Waals surface area contributed by atoms with Crippen LogP contribution in [-0.4, -0.2) is 61.5 Å². The van der Waals surface area contributed by atoms with E-state index in [9.17, 15) is 4.79 Å². The molecule has 1 aromatic rings. The molecule has 0 amide bonds. The Bertz CT molecular complexity index is 408. The van der Waals surface area contributed by atoms with Crippen LogP contribution in [0.1, 0.15) is 16.8 Å². The van der Waals surface area contributed by atoms with Crippen molar-refractivity contribution in [3.63, 3.8) is 0 Å². The zero-order chi connectivity index (χ0) is 16.2. The van der Waals surface area contributed by atoms with Crippen molar-refractivity contribution in [2.75, 3.05) is 55.3 Å². The van der Waals surface area contributed by atoms with Crippen LogP contribution >= 0.6 is 34.8 Å². The van der Waals surface area contributed by atoms with Crippen LogP contribution in [0, 0.1) is 0 Å². The third-order valence-electron chi connectivity index (χ3n) is 3.45. The molecule has 0 N–H and O–H groups in total. The number of nitrogens with zero attached hydrogens (tertiary/aromatic N) is 2. The molecule has 0 fully saturated rings. The number of halogens is 3. The van der Waals surface area contributed by atoms with Gasteiger partial charge in [-0.2, -0.15) is 0 Å². The second-order valence-electron chi connectivity index (χ2n) is 4.96. The summed E-state index contributed by atoms with van der Waals surface area (Å²) < 4.78 is 0. The Hall–Kier alpha value is -0.480. The van der Waals surface area contributed by atoms with Gasteiger partial charge in [0.15, 0.2) is 0 Å². The first-order chi connectivity index (χ1) is 10.7. The second kappa shape index (κ2) is 12.0. The van der Waals surface area contributed by atoms with Gasteiger partial charge in [0.05, 0.1) is 0 Å². The molecule has 0 saturated carbocycles. The van der Waals surface area contributed by atoms with E-state index in [2.05, 4.69) is 9.80 Å². The number of hydrogen-bond donors (Lipinski definition) is 0. The average molecular weight is 366 g/mol. The van der Waals surface area contributed by atoms with Crippen molar-refractivity contribution in [3.05, 3.63) is 29.8 Å². The Morgan fingerprint density at radius 3 is 1.91 bits per heavy atom. The van der Waals surface area contributed by atoms with Crippen LogP contribution in [0.3, 0.4) is 0 Å². The predicted octanol–water partition coefficient (Wildman–Crippen LogP) is 3.71. The fourth-order valence-electron chi connectivity index (χ4n) is 2.30. The quantitative estimate of drug-likeness (QED) is 0.417. The van der Waals surface area contributed by atoms with Crippen molar-refractivity contribution in [3.8, 4) is 0 Å². The lowest BCUT2D eigenvalue weighted by atomic mass is 10.2. The lowest BCUT2D eigenvalue weighted by Crippen LogP contribution is -2.33. The SMILES string of the molecule is O=Cc1ccc(N(CCCl)CCCN(CCCl)CCCl)cc1. The van der Waals surface area contributed by atoms with Gasteiger partial charge in [-0.3, -0.25) is 4.79 Å². The highest BCUT2D eigenvalue weighted by atomic mass is 35.5. The topological polar surface area (TPSA) is 23.6 Å². The van der Waals surface area contributed by atoms with Gasteiger partial charge < -0.3 is 9.80 Å². The van der Waals surface area contributed by atoms with E-state index >= 15 is 0 Å². The van der Waals surface area contributed by atoms with E-state index in [-0.39, 0.29) is 0 Å². The van der Waals surface area contributed by atoms with Crippen LogP contribution in [0.4, 0.5) is 5.69 Å². The molecule has 0 aromatic heterocycles. The number of benzene rings is 1. The lowest BCUT2D eigenvalue weighted by molar-refractivity contribution is 0.112. The van der Waals surface area contributed by atoms with Crippen LogP contribution in [0.25, 0.3) is 0 Å². The number of anilines is 1. The van der Waals surface area contributed by atoms with Crippen LogP contribution in [0.5, 0.6) is 0 Å². The van der Waals surface area contributed by atoms with Gasteiger partial charge in [-0.05, 0) is 37.2 Å². The van der Waals surface area contributed by atoms with Gasteiger partial charge in [0.1, 0.15) is 6.29 Å². The molecule has 0 unspecified atom stereocenters. The summed E-state index contributed by atoms with van der Waals surface area (Å²) in [6.07, 6.45) is 1.87. The van der Waals surface area contributed by atoms with E-state index in [4.69, 9.17) is 34.8 Å². The molecule has 0 aliphatic carbocycles. The van der Waals surface area contributed by atoms with Gasteiger partial charge in [0.25, 0.3) is 0 Å². The first-order valence-electron chi connectivity index (χ1n) is 7.45. The maximum Gasteiger partial charge on any atom is 0.150 e. The lowest BCUT2D eigenvalue weighted by Gasteiger charge is -2.26. The summed E-state index contributed by atoms with van der Waals surface area (Å²) in [5, 5.41) is 0. The Kier molecular flexibility index (Phi) is 10.7. The van der Waals surface area contributed by atoms with Crippen molar-refractivity contribution in [2.24, 2.45) is 0 Å². The zero-order valence-corrected chi connectivity index (χ0v) is 15.0. The molecule has 22 heavy (non-hydrogen) atoms. The third-order valence-corrected chi connectivity index (χ3v) is 3.96. The van der Waals surface area contributed by atoms with Crippen molar-refractivity contribution in [1.29, 1.82) is 0 Å². The van der Waals surface area contributed by atoms with Gasteiger partial charge in [-0.25, -0.2) is 0 Å². The van der Waals surface area contributed by atoms with E-state index in [0.29, 0.717) is 23.2 Å². The van der Waals surface area contributed by atoms with Gasteiger partial charge >= 0.3 is 0 Å². The highest BCUT2D eigenvalue weighted by Gasteiger charge is 2.08. The Labute approximate surface area is 148 Å². The molecule has 1 rings (SSSR count). The third kappa shape index (κ3) is 7.19. The summed E-state index contributed by atoms with van der Waals surface area (Å²) in [5.74, 6) is 1.81. The zero-order valence-electron chi connectivity index (χ0n) is 12.7. The summed E-state index contributed by atoms with van der Waals surface area (Å²) in [4.78, 5) is 15.2. The second-order valence-corrected chi connectivity index (χ2v) is 6.09. The number of carbonyl (C=O) groups excluding carboxylic acids is 1. The summed E-state index contributed by atoms with van der Waals surface area (Å²) in [6.45, 7) is 4.38. The first-order valence-corrected chi connectivity index (χ1v) is 9.06. The molecule has 0 atom stereocenters. The maximum absolute atomic E-state index is 10.7. The maximum atomic E-state index is 10.7. The van der Waals surface area contributed by atoms with Crippen molar-refractivity contribution in [2.45, 2.75) is 6.42 Å². The number of alkyl halides is 3. The van der Waals surface area contributed by atoms with Crippen molar-refractivity contribution in [1.82, 2.24) is 4.90 Å². The van der Waals surface area contributed by atoms with E-state index in [1.807, 2.05) is 24.3 Å². The van der Waals surface area contributed by atoms with Gasteiger partial charge in [0, 0.05) is 55.1 Å². The normalized spacial score (nSPS) is 10.9. The average Bonchev–Trinajstić information content (AvgIpc) is 2.54. The fourth-order valence-corrected chi connectivity index (χ4v) is 2.98. The smallest absolute Gasteiger partial charge is 0.150 e. The highest BCUT2D eigenvalue weighted by Crippen LogP contribution is 2.15. The monoisotopic (exact) mass is 364 g/mol. The van der Waals surface area contributed by atoms with E-state index in [1.165, 1.54) is 0 Å². The van der Waals surface area contributed by atoms with Gasteiger partial charge in [-0.15, -0.1) is 34.8 Å². The molecular weight excluding hydrogens is 343 g/mol. The van der Waals surface area contributed by atoms with Gasteiger partial charge in [-0.1, -0.05) is 0 Å². The first kappa shape index (κ1) is 19.6. The molecule has 0 saturated heterocycles. The minimum absolute atomic E-state index is 0.572. The standard InChI is InChI=1S/C16H23Cl3N2O/c17-6-11-20(12-7-18)9-1-10-21(13-8-19)16-4-2-15(14-22)3-5-16/h2-5,14H,1,6-13H2. The van der Waals surface area contributed by atoms with E-state index in [1.54, 1.807) is 0 Å². The molecule has 3 nitrogen and oxygen atoms in total. The molecule has 0 heterocycles. The summed E-state index contributed by atoms with van der Waals surface area (Å²) in [5.41, 5.74) is 1.78. The Balaban J connectivity index is 2.53. The summed E-state index contributed by atoms with van der Waals surface area (Å²) in [6, 6.07) is 7.59. The number of carbonyl (C=O) groups is 1. The van der Waals surface area contributed by atoms with Crippen LogP contribution < -0.4 is 4.90 Å². The molecule has 1 aromatic carbocycles. The molecule has 0 aliphatic heterocycles. The summed E-state index contributed by atoms with van der Waals surface area (Å²) >= 11 is 17.5. The molecular formula is C16H23Cl3N2O. The summed E-state index contributed by atoms with van der Waals surface area (Å²) in [7, 11) is 0. The van der Waals surface area contributed by atoms with Crippen molar-refractivity contribution < 1.29 is 4.79 Å². The minimum atomic E-state index is 0.572. The number of aldehydes is 1. The Morgan fingerprint density at radius 1 is 0.818 bits per heavy atom. The van der Waals surface area contributed by atoms with Crippen LogP contribution in [0.15, 0.2) is 24.3 Å². The largest absolute Gasteiger partial charge is 0.370 e. The molecule has 0 bridgehead atoms. The van der Waals surface area contributed by atoms with Crippen LogP contribution in [0.2, 0.25) is 0 Å². The molecule has 6 heteroatoms. The van der Waals surface area contributed by atoms with Gasteiger partial charge in [0.2, 0.25) is 0 Å². The predicted molar refractivity (Wildman–Crippen MR) is 97.3 cm³/mol. The number of hydrogen-bond acceptors (Lipinski definition) is 3. The van der Waals surface area contributed by atoms with Crippen LogP contribution in [-0.2, 0) is 0 Å². The minimum Gasteiger partial charge on any atom is -0.370 e. The van der Waals surface area contributed by atoms with E-state index in [0.717, 1.165) is 51.1 Å². The van der Waals surface area contributed by atoms with E-state index < -0.39 is 0 Å².